The van der Waals surface area contributed by atoms with E-state index in [-0.39, 0.29) is 29.4 Å². The van der Waals surface area contributed by atoms with Crippen LogP contribution in [0.5, 0.6) is 0 Å². The molecule has 1 aromatic carbocycles. The van der Waals surface area contributed by atoms with E-state index in [1.807, 2.05) is 0 Å². The Labute approximate surface area is 206 Å². The molecule has 0 heterocycles. The van der Waals surface area contributed by atoms with E-state index in [2.05, 4.69) is 64.3 Å². The zero-order valence-electron chi connectivity index (χ0n) is 20.3. The molecule has 2 heteroatoms. The molecule has 4 rings (SSSR count). The fourth-order valence-corrected chi connectivity index (χ4v) is 3.65. The van der Waals surface area contributed by atoms with E-state index >= 15 is 0 Å². The van der Waals surface area contributed by atoms with Crippen LogP contribution in [0.1, 0.15) is 127 Å². The molecule has 0 saturated heterocycles. The molecule has 3 fully saturated rings. The maximum atomic E-state index is 2.39. The van der Waals surface area contributed by atoms with Crippen molar-refractivity contribution in [2.45, 2.75) is 123 Å². The first-order valence-corrected chi connectivity index (χ1v) is 12.2. The largest absolute Gasteiger partial charge is 3.00 e. The molecule has 0 aliphatic heterocycles. The molecule has 3 aliphatic carbocycles. The van der Waals surface area contributed by atoms with Crippen LogP contribution in [0.15, 0.2) is 24.3 Å². The molecule has 175 valence electrons. The fourth-order valence-electron chi connectivity index (χ4n) is 3.65. The van der Waals surface area contributed by atoms with Crippen LogP contribution >= 0.6 is 9.90 Å². The zero-order chi connectivity index (χ0) is 20.3. The first-order valence-electron chi connectivity index (χ1n) is 12.2. The molecule has 3 saturated carbocycles. The van der Waals surface area contributed by atoms with Crippen molar-refractivity contribution in [3.63, 3.8) is 0 Å². The van der Waals surface area contributed by atoms with Gasteiger partial charge in [-0.15, -0.1) is 0 Å². The molecular formula is C28H50PRu. The number of benzene rings is 1. The first kappa shape index (κ1) is 32.5. The van der Waals surface area contributed by atoms with Crippen LogP contribution in [-0.4, -0.2) is 0 Å². The van der Waals surface area contributed by atoms with Crippen molar-refractivity contribution in [1.29, 1.82) is 0 Å². The second-order valence-corrected chi connectivity index (χ2v) is 8.85. The number of hydrogen-bond donors (Lipinski definition) is 0. The first-order chi connectivity index (χ1) is 13.7. The summed E-state index contributed by atoms with van der Waals surface area (Å²) in [6.07, 6.45) is 28.5. The van der Waals surface area contributed by atoms with Gasteiger partial charge in [0.15, 0.2) is 0 Å². The zero-order valence-corrected chi connectivity index (χ0v) is 23.4. The van der Waals surface area contributed by atoms with Crippen molar-refractivity contribution >= 4 is 9.90 Å². The van der Waals surface area contributed by atoms with Crippen molar-refractivity contribution in [3.8, 4) is 0 Å². The van der Waals surface area contributed by atoms with Gasteiger partial charge in [0.2, 0.25) is 0 Å². The van der Waals surface area contributed by atoms with Crippen molar-refractivity contribution in [3.05, 3.63) is 54.7 Å². The summed E-state index contributed by atoms with van der Waals surface area (Å²) in [5.41, 5.74) is 2.76. The minimum absolute atomic E-state index is 0. The third-order valence-electron chi connectivity index (χ3n) is 5.69. The van der Waals surface area contributed by atoms with Crippen molar-refractivity contribution in [2.75, 3.05) is 0 Å². The third-order valence-corrected chi connectivity index (χ3v) is 5.69. The van der Waals surface area contributed by atoms with E-state index < -0.39 is 0 Å². The van der Waals surface area contributed by atoms with Gasteiger partial charge in [0.1, 0.15) is 0 Å². The Kier molecular flexibility index (Phi) is 25.9. The van der Waals surface area contributed by atoms with Gasteiger partial charge in [-0.25, -0.2) is 0 Å². The summed E-state index contributed by atoms with van der Waals surface area (Å²) in [6.45, 7) is 6.54. The minimum Gasteiger partial charge on any atom is -0.328 e. The van der Waals surface area contributed by atoms with Crippen molar-refractivity contribution in [1.82, 2.24) is 0 Å². The summed E-state index contributed by atoms with van der Waals surface area (Å²) in [4.78, 5) is 0. The summed E-state index contributed by atoms with van der Waals surface area (Å²) < 4.78 is 0. The molecule has 1 unspecified atom stereocenters. The van der Waals surface area contributed by atoms with E-state index in [1.165, 1.54) is 107 Å². The summed E-state index contributed by atoms with van der Waals surface area (Å²) >= 11 is 0. The summed E-state index contributed by atoms with van der Waals surface area (Å²) in [5.74, 6) is 0.653. The van der Waals surface area contributed by atoms with E-state index in [0.29, 0.717) is 5.92 Å². The maximum absolute atomic E-state index is 2.39. The van der Waals surface area contributed by atoms with Gasteiger partial charge in [0, 0.05) is 0 Å². The van der Waals surface area contributed by atoms with Gasteiger partial charge in [-0.05, 0) is 18.4 Å². The van der Waals surface area contributed by atoms with Crippen LogP contribution in [-0.2, 0) is 19.5 Å². The Morgan fingerprint density at radius 3 is 1.03 bits per heavy atom. The molecule has 0 aromatic heterocycles. The molecule has 0 N–H and O–H groups in total. The van der Waals surface area contributed by atoms with Gasteiger partial charge in [-0.2, -0.15) is 48.4 Å². The second kappa shape index (κ2) is 23.9. The van der Waals surface area contributed by atoms with E-state index in [1.54, 1.807) is 0 Å². The normalized spacial score (nSPS) is 17.9. The predicted octanol–water partition coefficient (Wildman–Crippen LogP) is 9.64. The quantitative estimate of drug-likeness (QED) is 0.197. The summed E-state index contributed by atoms with van der Waals surface area (Å²) in [5, 5.41) is 0. The molecule has 30 heavy (non-hydrogen) atoms. The molecular weight excluding hydrogens is 468 g/mol. The standard InChI is InChI=1S/C10H14.3C6H11.H3P.Ru/c1-8(2)10-6-4-9(3)5-7-10;3*1-2-4-6-5-3-1;;/h4-8H,1-3H3;3*1H,2-6H2;1H3;/q;3*-1;;+3. The van der Waals surface area contributed by atoms with Gasteiger partial charge in [0.05, 0.1) is 0 Å². The van der Waals surface area contributed by atoms with Crippen LogP contribution in [0.3, 0.4) is 0 Å². The number of aryl methyl sites for hydroxylation is 1. The molecule has 3 aliphatic rings. The van der Waals surface area contributed by atoms with Gasteiger partial charge >= 0.3 is 19.5 Å². The van der Waals surface area contributed by atoms with Crippen LogP contribution in [0.4, 0.5) is 0 Å². The fraction of sp³-hybridized carbons (Fsp3) is 0.679. The monoisotopic (exact) mass is 519 g/mol. The van der Waals surface area contributed by atoms with Crippen LogP contribution in [0, 0.1) is 26.2 Å². The van der Waals surface area contributed by atoms with Gasteiger partial charge < -0.3 is 19.3 Å². The molecule has 1 atom stereocenters. The Balaban J connectivity index is 0. The topological polar surface area (TPSA) is 0 Å². The van der Waals surface area contributed by atoms with Crippen LogP contribution in [0.2, 0.25) is 0 Å². The van der Waals surface area contributed by atoms with Gasteiger partial charge in [-0.1, -0.05) is 101 Å². The Hall–Kier alpha value is 0.273. The molecule has 0 spiro atoms. The summed E-state index contributed by atoms with van der Waals surface area (Å²) in [7, 11) is 0. The smallest absolute Gasteiger partial charge is 0.328 e. The average Bonchev–Trinajstić information content (AvgIpc) is 2.79. The maximum Gasteiger partial charge on any atom is 3.00 e. The Morgan fingerprint density at radius 2 is 0.867 bits per heavy atom. The summed E-state index contributed by atoms with van der Waals surface area (Å²) in [6, 6.07) is 8.71. The predicted molar refractivity (Wildman–Crippen MR) is 139 cm³/mol. The molecule has 0 amide bonds. The molecule has 1 radical (unpaired) electrons. The third kappa shape index (κ3) is 20.2. The number of hydrogen-bond acceptors (Lipinski definition) is 0. The van der Waals surface area contributed by atoms with Crippen molar-refractivity contribution in [2.24, 2.45) is 0 Å². The molecule has 0 bridgehead atoms. The van der Waals surface area contributed by atoms with Gasteiger partial charge in [-0.3, -0.25) is 0 Å². The van der Waals surface area contributed by atoms with Crippen molar-refractivity contribution < 1.29 is 19.5 Å². The molecule has 0 nitrogen and oxygen atoms in total. The van der Waals surface area contributed by atoms with E-state index in [9.17, 15) is 0 Å². The van der Waals surface area contributed by atoms with E-state index in [4.69, 9.17) is 0 Å². The number of rotatable bonds is 1. The van der Waals surface area contributed by atoms with Crippen LogP contribution in [0.25, 0.3) is 0 Å². The Bertz CT molecular complexity index is 365. The molecule has 1 aromatic rings. The average molecular weight is 519 g/mol. The minimum atomic E-state index is 0. The van der Waals surface area contributed by atoms with Gasteiger partial charge in [0.25, 0.3) is 0 Å². The van der Waals surface area contributed by atoms with E-state index in [0.717, 1.165) is 0 Å². The van der Waals surface area contributed by atoms with Crippen LogP contribution < -0.4 is 0 Å². The SMILES string of the molecule is Cc1ccc(C(C)C)cc1.P.[CH-]1CCCCC1.[CH-]1CCCCC1.[CH-]1CCCCC1.[Ru+3]. The second-order valence-electron chi connectivity index (χ2n) is 8.85. The Morgan fingerprint density at radius 1 is 0.567 bits per heavy atom.